The van der Waals surface area contributed by atoms with Gasteiger partial charge in [0.25, 0.3) is 0 Å². The minimum Gasteiger partial charge on any atom is -0.480 e. The Hall–Kier alpha value is -4.70. The Labute approximate surface area is 244 Å². The van der Waals surface area contributed by atoms with Gasteiger partial charge in [0.2, 0.25) is 5.91 Å². The molecular weight excluding hydrogens is 540 g/mol. The maximum absolute atomic E-state index is 13.3. The van der Waals surface area contributed by atoms with Crippen molar-refractivity contribution in [3.8, 4) is 11.1 Å². The van der Waals surface area contributed by atoms with Crippen molar-refractivity contribution in [2.24, 2.45) is 0 Å². The standard InChI is InChI=1S/C32H34N2O8/c1-20(41-18-21-10-4-3-5-11-21)29(30(36)33-27(31(37)38)16-17-28(35)40-2)34-32(39)42-19-26-24-14-8-6-12-22(24)23-13-7-9-15-25(23)26/h3-15,20,26-27,29H,16-19H2,1-2H3,(H,33,36)(H,34,39)(H,37,38)/t20?,27-,29?/m0/s1. The Bertz CT molecular complexity index is 1360. The molecule has 0 heterocycles. The summed E-state index contributed by atoms with van der Waals surface area (Å²) in [6, 6.07) is 22.4. The Morgan fingerprint density at radius 2 is 1.45 bits per heavy atom. The zero-order valence-corrected chi connectivity index (χ0v) is 23.4. The molecule has 0 saturated heterocycles. The summed E-state index contributed by atoms with van der Waals surface area (Å²) in [5.74, 6) is -2.91. The van der Waals surface area contributed by atoms with Crippen LogP contribution in [-0.4, -0.2) is 60.9 Å². The molecule has 3 aromatic rings. The highest BCUT2D eigenvalue weighted by atomic mass is 16.6. The lowest BCUT2D eigenvalue weighted by Crippen LogP contribution is -2.56. The van der Waals surface area contributed by atoms with Crippen molar-refractivity contribution < 1.29 is 38.5 Å². The number of rotatable bonds is 13. The van der Waals surface area contributed by atoms with Crippen LogP contribution >= 0.6 is 0 Å². The lowest BCUT2D eigenvalue weighted by Gasteiger charge is -2.26. The van der Waals surface area contributed by atoms with Crippen molar-refractivity contribution in [2.75, 3.05) is 13.7 Å². The van der Waals surface area contributed by atoms with Crippen molar-refractivity contribution >= 4 is 23.9 Å². The molecule has 0 aromatic heterocycles. The Balaban J connectivity index is 1.45. The van der Waals surface area contributed by atoms with E-state index in [-0.39, 0.29) is 32.0 Å². The molecule has 2 amide bonds. The molecule has 0 radical (unpaired) electrons. The molecule has 0 fully saturated rings. The maximum atomic E-state index is 13.3. The number of esters is 1. The van der Waals surface area contributed by atoms with E-state index in [1.165, 1.54) is 7.11 Å². The minimum atomic E-state index is -1.38. The van der Waals surface area contributed by atoms with Gasteiger partial charge < -0.3 is 30.0 Å². The molecule has 0 spiro atoms. The quantitative estimate of drug-likeness (QED) is 0.260. The van der Waals surface area contributed by atoms with Crippen LogP contribution in [0.3, 0.4) is 0 Å². The second-order valence-electron chi connectivity index (χ2n) is 9.96. The van der Waals surface area contributed by atoms with E-state index in [0.717, 1.165) is 27.8 Å². The number of carbonyl (C=O) groups is 4. The largest absolute Gasteiger partial charge is 0.480 e. The topological polar surface area (TPSA) is 140 Å². The second kappa shape index (κ2) is 14.3. The smallest absolute Gasteiger partial charge is 0.407 e. The Morgan fingerprint density at radius 1 is 0.857 bits per heavy atom. The number of methoxy groups -OCH3 is 1. The van der Waals surface area contributed by atoms with Gasteiger partial charge in [-0.3, -0.25) is 9.59 Å². The first-order valence-corrected chi connectivity index (χ1v) is 13.7. The zero-order chi connectivity index (χ0) is 30.1. The average molecular weight is 575 g/mol. The van der Waals surface area contributed by atoms with Crippen LogP contribution in [-0.2, 0) is 35.2 Å². The van der Waals surface area contributed by atoms with Crippen LogP contribution in [0.25, 0.3) is 11.1 Å². The monoisotopic (exact) mass is 574 g/mol. The van der Waals surface area contributed by atoms with Gasteiger partial charge in [0.1, 0.15) is 18.7 Å². The normalized spacial score (nSPS) is 14.0. The number of fused-ring (bicyclic) bond motifs is 3. The summed E-state index contributed by atoms with van der Waals surface area (Å²) in [5.41, 5.74) is 5.08. The first-order valence-electron chi connectivity index (χ1n) is 13.7. The van der Waals surface area contributed by atoms with E-state index in [9.17, 15) is 24.3 Å². The molecular formula is C32H34N2O8. The van der Waals surface area contributed by atoms with Gasteiger partial charge in [-0.05, 0) is 41.2 Å². The summed E-state index contributed by atoms with van der Waals surface area (Å²) in [4.78, 5) is 49.7. The number of aliphatic carboxylic acids is 1. The molecule has 3 N–H and O–H groups in total. The van der Waals surface area contributed by atoms with Crippen molar-refractivity contribution in [3.05, 3.63) is 95.6 Å². The van der Waals surface area contributed by atoms with Crippen molar-refractivity contribution in [1.29, 1.82) is 0 Å². The number of ether oxygens (including phenoxy) is 3. The zero-order valence-electron chi connectivity index (χ0n) is 23.4. The highest BCUT2D eigenvalue weighted by molar-refractivity contribution is 5.90. The molecule has 0 saturated carbocycles. The van der Waals surface area contributed by atoms with E-state index in [1.54, 1.807) is 6.92 Å². The fourth-order valence-electron chi connectivity index (χ4n) is 4.94. The van der Waals surface area contributed by atoms with Crippen molar-refractivity contribution in [2.45, 2.75) is 50.5 Å². The maximum Gasteiger partial charge on any atom is 0.407 e. The van der Waals surface area contributed by atoms with Crippen LogP contribution in [0.5, 0.6) is 0 Å². The molecule has 3 aromatic carbocycles. The van der Waals surface area contributed by atoms with E-state index in [4.69, 9.17) is 9.47 Å². The molecule has 1 aliphatic rings. The Kier molecular flexibility index (Phi) is 10.3. The van der Waals surface area contributed by atoms with E-state index in [2.05, 4.69) is 15.4 Å². The predicted molar refractivity (Wildman–Crippen MR) is 154 cm³/mol. The molecule has 2 unspecified atom stereocenters. The van der Waals surface area contributed by atoms with Gasteiger partial charge in [-0.1, -0.05) is 78.9 Å². The van der Waals surface area contributed by atoms with Crippen LogP contribution in [0.4, 0.5) is 4.79 Å². The summed E-state index contributed by atoms with van der Waals surface area (Å²) < 4.78 is 16.1. The third kappa shape index (κ3) is 7.52. The van der Waals surface area contributed by atoms with Crippen LogP contribution < -0.4 is 10.6 Å². The summed E-state index contributed by atoms with van der Waals surface area (Å²) in [6.45, 7) is 1.79. The number of carbonyl (C=O) groups excluding carboxylic acids is 3. The number of benzene rings is 3. The van der Waals surface area contributed by atoms with E-state index in [0.29, 0.717) is 0 Å². The van der Waals surface area contributed by atoms with Crippen molar-refractivity contribution in [3.63, 3.8) is 0 Å². The molecule has 4 rings (SSSR count). The molecule has 0 aliphatic heterocycles. The minimum absolute atomic E-state index is 0.0321. The Morgan fingerprint density at radius 3 is 2.05 bits per heavy atom. The van der Waals surface area contributed by atoms with Crippen LogP contribution in [0.1, 0.15) is 42.4 Å². The molecule has 0 bridgehead atoms. The van der Waals surface area contributed by atoms with Gasteiger partial charge in [0.05, 0.1) is 19.8 Å². The van der Waals surface area contributed by atoms with Crippen LogP contribution in [0, 0.1) is 0 Å². The van der Waals surface area contributed by atoms with Gasteiger partial charge in [0.15, 0.2) is 0 Å². The third-order valence-corrected chi connectivity index (χ3v) is 7.20. The van der Waals surface area contributed by atoms with E-state index >= 15 is 0 Å². The van der Waals surface area contributed by atoms with Crippen LogP contribution in [0.15, 0.2) is 78.9 Å². The molecule has 10 nitrogen and oxygen atoms in total. The molecule has 220 valence electrons. The molecule has 42 heavy (non-hydrogen) atoms. The lowest BCUT2D eigenvalue weighted by molar-refractivity contribution is -0.144. The molecule has 3 atom stereocenters. The van der Waals surface area contributed by atoms with Crippen molar-refractivity contribution in [1.82, 2.24) is 10.6 Å². The molecule has 10 heteroatoms. The summed E-state index contributed by atoms with van der Waals surface area (Å²) in [7, 11) is 1.19. The number of carboxylic acid groups (broad SMARTS) is 1. The van der Waals surface area contributed by atoms with E-state index in [1.807, 2.05) is 78.9 Å². The van der Waals surface area contributed by atoms with Gasteiger partial charge in [-0.15, -0.1) is 0 Å². The number of hydrogen-bond acceptors (Lipinski definition) is 7. The average Bonchev–Trinajstić information content (AvgIpc) is 3.33. The number of alkyl carbamates (subject to hydrolysis) is 1. The van der Waals surface area contributed by atoms with Crippen LogP contribution in [0.2, 0.25) is 0 Å². The summed E-state index contributed by atoms with van der Waals surface area (Å²) in [6.07, 6.45) is -2.11. The number of nitrogens with one attached hydrogen (secondary N) is 2. The van der Waals surface area contributed by atoms with E-state index < -0.39 is 42.1 Å². The van der Waals surface area contributed by atoms with Gasteiger partial charge in [0, 0.05) is 12.3 Å². The summed E-state index contributed by atoms with van der Waals surface area (Å²) >= 11 is 0. The summed E-state index contributed by atoms with van der Waals surface area (Å²) in [5, 5.41) is 14.6. The van der Waals surface area contributed by atoms with Gasteiger partial charge >= 0.3 is 18.0 Å². The molecule has 1 aliphatic carbocycles. The highest BCUT2D eigenvalue weighted by Gasteiger charge is 2.33. The third-order valence-electron chi connectivity index (χ3n) is 7.20. The second-order valence-corrected chi connectivity index (χ2v) is 9.96. The van der Waals surface area contributed by atoms with Gasteiger partial charge in [-0.25, -0.2) is 9.59 Å². The first-order chi connectivity index (χ1) is 20.3. The fraction of sp³-hybridized carbons (Fsp3) is 0.312. The lowest BCUT2D eigenvalue weighted by atomic mass is 9.98. The predicted octanol–water partition coefficient (Wildman–Crippen LogP) is 4.02. The fourth-order valence-corrected chi connectivity index (χ4v) is 4.94. The number of carboxylic acids is 1. The first kappa shape index (κ1) is 30.3. The number of hydrogen-bond donors (Lipinski definition) is 3. The number of amides is 2. The SMILES string of the molecule is COC(=O)CC[C@H](NC(=O)C(NC(=O)OCC1c2ccccc2-c2ccccc21)C(C)OCc1ccccc1)C(=O)O. The highest BCUT2D eigenvalue weighted by Crippen LogP contribution is 2.44. The van der Waals surface area contributed by atoms with Gasteiger partial charge in [-0.2, -0.15) is 0 Å².